The second-order valence-corrected chi connectivity index (χ2v) is 7.77. The Morgan fingerprint density at radius 3 is 1.69 bits per heavy atom. The van der Waals surface area contributed by atoms with Crippen LogP contribution in [0.3, 0.4) is 0 Å². The first-order valence-electron chi connectivity index (χ1n) is 9.93. The number of hydrogen-bond donors (Lipinski definition) is 0. The summed E-state index contributed by atoms with van der Waals surface area (Å²) in [6, 6.07) is 28.1. The first kappa shape index (κ1) is 21.3. The number of rotatable bonds is 6. The van der Waals surface area contributed by atoms with Crippen molar-refractivity contribution in [2.75, 3.05) is 19.1 Å². The van der Waals surface area contributed by atoms with Crippen LogP contribution in [0.4, 0.5) is 17.1 Å². The maximum Gasteiger partial charge on any atom is 0.340 e. The standard InChI is InChI=1S/C26H21NO4S/c1-30-25(28)22-17-32-24(23(22)26(29)31-2)18-13-15-21(16-14-18)27(19-9-5-3-6-10-19)20-11-7-4-8-12-20/h3-17H,1-2H3. The Morgan fingerprint density at radius 2 is 1.19 bits per heavy atom. The summed E-state index contributed by atoms with van der Waals surface area (Å²) in [4.78, 5) is 27.4. The van der Waals surface area contributed by atoms with E-state index in [1.165, 1.54) is 25.6 Å². The van der Waals surface area contributed by atoms with Gasteiger partial charge in [-0.1, -0.05) is 48.5 Å². The van der Waals surface area contributed by atoms with Gasteiger partial charge in [0.05, 0.1) is 25.3 Å². The molecule has 1 heterocycles. The van der Waals surface area contributed by atoms with Gasteiger partial charge in [0.15, 0.2) is 0 Å². The molecule has 160 valence electrons. The van der Waals surface area contributed by atoms with Gasteiger partial charge in [0.1, 0.15) is 0 Å². The lowest BCUT2D eigenvalue weighted by Crippen LogP contribution is -2.10. The quantitative estimate of drug-likeness (QED) is 0.320. The second-order valence-electron chi connectivity index (χ2n) is 6.89. The summed E-state index contributed by atoms with van der Waals surface area (Å²) in [5.74, 6) is -1.13. The zero-order valence-electron chi connectivity index (χ0n) is 17.6. The maximum absolute atomic E-state index is 12.4. The lowest BCUT2D eigenvalue weighted by atomic mass is 10.0. The van der Waals surface area contributed by atoms with Crippen molar-refractivity contribution in [3.63, 3.8) is 0 Å². The van der Waals surface area contributed by atoms with Crippen molar-refractivity contribution in [2.24, 2.45) is 0 Å². The van der Waals surface area contributed by atoms with Crippen LogP contribution in [0.5, 0.6) is 0 Å². The van der Waals surface area contributed by atoms with Crippen LogP contribution in [0.25, 0.3) is 10.4 Å². The van der Waals surface area contributed by atoms with Gasteiger partial charge in [-0.15, -0.1) is 11.3 Å². The molecular weight excluding hydrogens is 422 g/mol. The molecule has 0 aliphatic heterocycles. The van der Waals surface area contributed by atoms with E-state index in [0.717, 1.165) is 22.6 Å². The van der Waals surface area contributed by atoms with E-state index in [4.69, 9.17) is 9.47 Å². The van der Waals surface area contributed by atoms with Gasteiger partial charge in [0.25, 0.3) is 0 Å². The average Bonchev–Trinajstić information content (AvgIpc) is 3.30. The smallest absolute Gasteiger partial charge is 0.340 e. The summed E-state index contributed by atoms with van der Waals surface area (Å²) < 4.78 is 9.74. The minimum Gasteiger partial charge on any atom is -0.465 e. The van der Waals surface area contributed by atoms with E-state index in [1.54, 1.807) is 5.38 Å². The molecule has 3 aromatic carbocycles. The number of nitrogens with zero attached hydrogens (tertiary/aromatic N) is 1. The highest BCUT2D eigenvalue weighted by molar-refractivity contribution is 7.14. The number of para-hydroxylation sites is 2. The van der Waals surface area contributed by atoms with Crippen molar-refractivity contribution in [1.82, 2.24) is 0 Å². The molecule has 32 heavy (non-hydrogen) atoms. The van der Waals surface area contributed by atoms with Crippen molar-refractivity contribution in [3.8, 4) is 10.4 Å². The molecule has 0 unspecified atom stereocenters. The molecule has 0 fully saturated rings. The fourth-order valence-electron chi connectivity index (χ4n) is 3.50. The van der Waals surface area contributed by atoms with Gasteiger partial charge >= 0.3 is 11.9 Å². The van der Waals surface area contributed by atoms with Gasteiger partial charge in [-0.2, -0.15) is 0 Å². The molecule has 6 heteroatoms. The number of carbonyl (C=O) groups is 2. The number of carbonyl (C=O) groups excluding carboxylic acids is 2. The second kappa shape index (κ2) is 9.49. The molecule has 0 N–H and O–H groups in total. The van der Waals surface area contributed by atoms with Crippen LogP contribution in [-0.4, -0.2) is 26.2 Å². The number of anilines is 3. The molecule has 0 aliphatic carbocycles. The van der Waals surface area contributed by atoms with Gasteiger partial charge in [0, 0.05) is 27.3 Å². The minimum absolute atomic E-state index is 0.207. The number of methoxy groups -OCH3 is 2. The number of esters is 2. The average molecular weight is 444 g/mol. The van der Waals surface area contributed by atoms with E-state index < -0.39 is 11.9 Å². The molecule has 4 aromatic rings. The van der Waals surface area contributed by atoms with Crippen molar-refractivity contribution < 1.29 is 19.1 Å². The van der Waals surface area contributed by atoms with Crippen LogP contribution in [0, 0.1) is 0 Å². The Labute approximate surface area is 190 Å². The van der Waals surface area contributed by atoms with E-state index >= 15 is 0 Å². The summed E-state index contributed by atoms with van der Waals surface area (Å²) >= 11 is 1.31. The molecule has 4 rings (SSSR count). The molecule has 0 amide bonds. The molecule has 0 bridgehead atoms. The molecule has 0 saturated heterocycles. The number of thiophene rings is 1. The molecule has 0 spiro atoms. The topological polar surface area (TPSA) is 55.8 Å². The third kappa shape index (κ3) is 4.13. The lowest BCUT2D eigenvalue weighted by Gasteiger charge is -2.25. The SMILES string of the molecule is COC(=O)c1csc(-c2ccc(N(c3ccccc3)c3ccccc3)cc2)c1C(=O)OC. The summed E-state index contributed by atoms with van der Waals surface area (Å²) in [7, 11) is 2.59. The monoisotopic (exact) mass is 443 g/mol. The number of benzene rings is 3. The number of ether oxygens (including phenoxy) is 2. The summed E-state index contributed by atoms with van der Waals surface area (Å²) in [5, 5.41) is 1.63. The van der Waals surface area contributed by atoms with E-state index in [1.807, 2.05) is 60.7 Å². The van der Waals surface area contributed by atoms with E-state index in [-0.39, 0.29) is 11.1 Å². The molecule has 5 nitrogen and oxygen atoms in total. The normalized spacial score (nSPS) is 10.4. The van der Waals surface area contributed by atoms with E-state index in [0.29, 0.717) is 4.88 Å². The molecule has 1 aromatic heterocycles. The van der Waals surface area contributed by atoms with Gasteiger partial charge in [-0.05, 0) is 42.0 Å². The van der Waals surface area contributed by atoms with Gasteiger partial charge < -0.3 is 14.4 Å². The molecule has 0 aliphatic rings. The van der Waals surface area contributed by atoms with Crippen molar-refractivity contribution in [3.05, 3.63) is 101 Å². The van der Waals surface area contributed by atoms with Crippen LogP contribution in [0.2, 0.25) is 0 Å². The highest BCUT2D eigenvalue weighted by Gasteiger charge is 2.25. The van der Waals surface area contributed by atoms with Crippen LogP contribution in [0.15, 0.2) is 90.3 Å². The van der Waals surface area contributed by atoms with Crippen LogP contribution < -0.4 is 4.90 Å². The Bertz CT molecular complexity index is 1180. The van der Waals surface area contributed by atoms with Crippen molar-refractivity contribution >= 4 is 40.3 Å². The van der Waals surface area contributed by atoms with Gasteiger partial charge in [-0.3, -0.25) is 0 Å². The summed E-state index contributed by atoms with van der Waals surface area (Å²) in [6.45, 7) is 0. The summed E-state index contributed by atoms with van der Waals surface area (Å²) in [5.41, 5.74) is 4.28. The van der Waals surface area contributed by atoms with E-state index in [9.17, 15) is 9.59 Å². The van der Waals surface area contributed by atoms with Crippen LogP contribution in [-0.2, 0) is 9.47 Å². The molecular formula is C26H21NO4S. The lowest BCUT2D eigenvalue weighted by molar-refractivity contribution is 0.0557. The Morgan fingerprint density at radius 1 is 0.688 bits per heavy atom. The highest BCUT2D eigenvalue weighted by atomic mass is 32.1. The van der Waals surface area contributed by atoms with Crippen molar-refractivity contribution in [2.45, 2.75) is 0 Å². The molecule has 0 saturated carbocycles. The summed E-state index contributed by atoms with van der Waals surface area (Å²) in [6.07, 6.45) is 0. The Balaban J connectivity index is 1.77. The van der Waals surface area contributed by atoms with Crippen molar-refractivity contribution in [1.29, 1.82) is 0 Å². The zero-order valence-corrected chi connectivity index (χ0v) is 18.5. The Kier molecular flexibility index (Phi) is 6.33. The van der Waals surface area contributed by atoms with Gasteiger partial charge in [-0.25, -0.2) is 9.59 Å². The third-order valence-corrected chi connectivity index (χ3v) is 6.03. The molecule has 0 atom stereocenters. The van der Waals surface area contributed by atoms with Crippen LogP contribution in [0.1, 0.15) is 20.7 Å². The number of hydrogen-bond acceptors (Lipinski definition) is 6. The zero-order chi connectivity index (χ0) is 22.5. The first-order chi connectivity index (χ1) is 15.6. The minimum atomic E-state index is -0.569. The predicted molar refractivity (Wildman–Crippen MR) is 127 cm³/mol. The highest BCUT2D eigenvalue weighted by Crippen LogP contribution is 2.38. The largest absolute Gasteiger partial charge is 0.465 e. The third-order valence-electron chi connectivity index (χ3n) is 5.00. The van der Waals surface area contributed by atoms with Gasteiger partial charge in [0.2, 0.25) is 0 Å². The fourth-order valence-corrected chi connectivity index (χ4v) is 4.53. The predicted octanol–water partition coefficient (Wildman–Crippen LogP) is 6.46. The Hall–Kier alpha value is -3.90. The fraction of sp³-hybridized carbons (Fsp3) is 0.0769. The van der Waals surface area contributed by atoms with Crippen LogP contribution >= 0.6 is 11.3 Å². The molecule has 0 radical (unpaired) electrons. The van der Waals surface area contributed by atoms with E-state index in [2.05, 4.69) is 29.2 Å². The first-order valence-corrected chi connectivity index (χ1v) is 10.8. The maximum atomic E-state index is 12.4.